The van der Waals surface area contributed by atoms with Crippen LogP contribution < -0.4 is 14.8 Å². The van der Waals surface area contributed by atoms with E-state index in [0.29, 0.717) is 30.2 Å². The number of amides is 2. The summed E-state index contributed by atoms with van der Waals surface area (Å²) in [6.07, 6.45) is 4.17. The molecule has 0 radical (unpaired) electrons. The summed E-state index contributed by atoms with van der Waals surface area (Å²) in [6.45, 7) is 6.55. The number of piperidine rings is 1. The lowest BCUT2D eigenvalue weighted by atomic mass is 10.1. The van der Waals surface area contributed by atoms with Gasteiger partial charge in [-0.15, -0.1) is 0 Å². The molecule has 2 rings (SSSR count). The number of benzene rings is 1. The van der Waals surface area contributed by atoms with Gasteiger partial charge in [-0.25, -0.2) is 0 Å². The van der Waals surface area contributed by atoms with Gasteiger partial charge in [0.05, 0.1) is 6.61 Å². The molecular weight excluding hydrogens is 320 g/mol. The van der Waals surface area contributed by atoms with Crippen LogP contribution in [-0.4, -0.2) is 49.6 Å². The van der Waals surface area contributed by atoms with Crippen LogP contribution in [0, 0.1) is 0 Å². The third-order valence-electron chi connectivity index (χ3n) is 4.10. The van der Waals surface area contributed by atoms with E-state index in [0.717, 1.165) is 32.4 Å². The largest absolute Gasteiger partial charge is 0.490 e. The van der Waals surface area contributed by atoms with Crippen LogP contribution in [0.2, 0.25) is 0 Å². The Morgan fingerprint density at radius 3 is 2.52 bits per heavy atom. The van der Waals surface area contributed by atoms with Gasteiger partial charge >= 0.3 is 0 Å². The number of nitrogens with one attached hydrogen (secondary N) is 1. The maximum Gasteiger partial charge on any atom is 0.260 e. The predicted molar refractivity (Wildman–Crippen MR) is 96.2 cm³/mol. The molecule has 1 saturated heterocycles. The van der Waals surface area contributed by atoms with Crippen molar-refractivity contribution in [2.75, 3.05) is 32.8 Å². The monoisotopic (exact) mass is 348 g/mol. The average Bonchev–Trinajstić information content (AvgIpc) is 2.65. The molecule has 0 bridgehead atoms. The van der Waals surface area contributed by atoms with Gasteiger partial charge in [0.1, 0.15) is 0 Å². The predicted octanol–water partition coefficient (Wildman–Crippen LogP) is 2.62. The maximum atomic E-state index is 12.2. The molecule has 6 nitrogen and oxygen atoms in total. The third-order valence-corrected chi connectivity index (χ3v) is 4.10. The summed E-state index contributed by atoms with van der Waals surface area (Å²) >= 11 is 0. The number of likely N-dealkylation sites (tertiary alicyclic amines) is 1. The zero-order valence-electron chi connectivity index (χ0n) is 15.2. The Kier molecular flexibility index (Phi) is 7.57. The second-order valence-electron chi connectivity index (χ2n) is 6.08. The van der Waals surface area contributed by atoms with E-state index < -0.39 is 0 Å². The number of ether oxygens (including phenoxy) is 2. The van der Waals surface area contributed by atoms with E-state index in [-0.39, 0.29) is 18.4 Å². The van der Waals surface area contributed by atoms with Crippen LogP contribution >= 0.6 is 0 Å². The fraction of sp³-hybridized carbons (Fsp3) is 0.579. The lowest BCUT2D eigenvalue weighted by Crippen LogP contribution is -2.38. The van der Waals surface area contributed by atoms with Gasteiger partial charge in [0.25, 0.3) is 11.8 Å². The summed E-state index contributed by atoms with van der Waals surface area (Å²) in [5.41, 5.74) is 0.520. The second kappa shape index (κ2) is 9.91. The molecule has 25 heavy (non-hydrogen) atoms. The minimum Gasteiger partial charge on any atom is -0.490 e. The molecule has 6 heteroatoms. The van der Waals surface area contributed by atoms with Gasteiger partial charge < -0.3 is 19.7 Å². The van der Waals surface area contributed by atoms with E-state index in [1.54, 1.807) is 18.2 Å². The summed E-state index contributed by atoms with van der Waals surface area (Å²) in [5.74, 6) is 0.822. The number of carbonyl (C=O) groups excluding carboxylic acids is 2. The molecule has 1 fully saturated rings. The highest BCUT2D eigenvalue weighted by molar-refractivity contribution is 5.94. The van der Waals surface area contributed by atoms with Gasteiger partial charge in [-0.2, -0.15) is 0 Å². The SMILES string of the molecule is CCCNC(=O)c1ccc(OCC(=O)N2CCCCC2)c(OCC)c1. The molecule has 0 saturated carbocycles. The highest BCUT2D eigenvalue weighted by Gasteiger charge is 2.18. The van der Waals surface area contributed by atoms with Crippen LogP contribution in [0.4, 0.5) is 0 Å². The Labute approximate surface area is 149 Å². The Morgan fingerprint density at radius 2 is 1.84 bits per heavy atom. The zero-order valence-corrected chi connectivity index (χ0v) is 15.2. The average molecular weight is 348 g/mol. The van der Waals surface area contributed by atoms with Crippen molar-refractivity contribution in [3.63, 3.8) is 0 Å². The van der Waals surface area contributed by atoms with Crippen molar-refractivity contribution < 1.29 is 19.1 Å². The van der Waals surface area contributed by atoms with Crippen LogP contribution in [0.3, 0.4) is 0 Å². The molecule has 2 amide bonds. The van der Waals surface area contributed by atoms with E-state index in [1.165, 1.54) is 6.42 Å². The van der Waals surface area contributed by atoms with Crippen molar-refractivity contribution in [1.82, 2.24) is 10.2 Å². The van der Waals surface area contributed by atoms with E-state index in [1.807, 2.05) is 18.7 Å². The van der Waals surface area contributed by atoms with E-state index in [4.69, 9.17) is 9.47 Å². The Balaban J connectivity index is 2.01. The van der Waals surface area contributed by atoms with Crippen LogP contribution in [0.15, 0.2) is 18.2 Å². The minimum absolute atomic E-state index is 0.00749. The fourth-order valence-electron chi connectivity index (χ4n) is 2.75. The number of hydrogen-bond acceptors (Lipinski definition) is 4. The molecule has 0 aromatic heterocycles. The van der Waals surface area contributed by atoms with Crippen molar-refractivity contribution in [1.29, 1.82) is 0 Å². The summed E-state index contributed by atoms with van der Waals surface area (Å²) in [7, 11) is 0. The van der Waals surface area contributed by atoms with Gasteiger partial charge in [-0.05, 0) is 50.8 Å². The van der Waals surface area contributed by atoms with Crippen molar-refractivity contribution in [3.05, 3.63) is 23.8 Å². The van der Waals surface area contributed by atoms with Crippen molar-refractivity contribution in [2.24, 2.45) is 0 Å². The van der Waals surface area contributed by atoms with Crippen LogP contribution in [0.25, 0.3) is 0 Å². The highest BCUT2D eigenvalue weighted by atomic mass is 16.5. The van der Waals surface area contributed by atoms with Crippen LogP contribution in [0.1, 0.15) is 49.9 Å². The van der Waals surface area contributed by atoms with Gasteiger partial charge in [-0.1, -0.05) is 6.92 Å². The van der Waals surface area contributed by atoms with E-state index in [9.17, 15) is 9.59 Å². The second-order valence-corrected chi connectivity index (χ2v) is 6.08. The molecule has 1 aliphatic rings. The summed E-state index contributed by atoms with van der Waals surface area (Å²) in [5, 5.41) is 2.83. The summed E-state index contributed by atoms with van der Waals surface area (Å²) in [6, 6.07) is 5.04. The number of carbonyl (C=O) groups is 2. The molecule has 138 valence electrons. The Bertz CT molecular complexity index is 583. The van der Waals surface area contributed by atoms with Crippen molar-refractivity contribution >= 4 is 11.8 Å². The maximum absolute atomic E-state index is 12.2. The van der Waals surface area contributed by atoms with Gasteiger partial charge in [0.2, 0.25) is 0 Å². The molecule has 0 aliphatic carbocycles. The molecule has 0 unspecified atom stereocenters. The first kappa shape index (κ1) is 19.1. The summed E-state index contributed by atoms with van der Waals surface area (Å²) in [4.78, 5) is 26.1. The number of hydrogen-bond donors (Lipinski definition) is 1. The molecule has 1 N–H and O–H groups in total. The molecule has 1 aliphatic heterocycles. The lowest BCUT2D eigenvalue weighted by molar-refractivity contribution is -0.134. The molecule has 1 heterocycles. The number of rotatable bonds is 8. The standard InChI is InChI=1S/C19H28N2O4/c1-3-10-20-19(23)15-8-9-16(17(13-15)24-4-2)25-14-18(22)21-11-6-5-7-12-21/h8-9,13H,3-7,10-12,14H2,1-2H3,(H,20,23). The lowest BCUT2D eigenvalue weighted by Gasteiger charge is -2.26. The Hall–Kier alpha value is -2.24. The molecule has 0 atom stereocenters. The van der Waals surface area contributed by atoms with E-state index >= 15 is 0 Å². The first-order valence-electron chi connectivity index (χ1n) is 9.11. The summed E-state index contributed by atoms with van der Waals surface area (Å²) < 4.78 is 11.3. The first-order valence-corrected chi connectivity index (χ1v) is 9.11. The highest BCUT2D eigenvalue weighted by Crippen LogP contribution is 2.28. The smallest absolute Gasteiger partial charge is 0.260 e. The van der Waals surface area contributed by atoms with Crippen molar-refractivity contribution in [3.8, 4) is 11.5 Å². The quantitative estimate of drug-likeness (QED) is 0.784. The molecule has 1 aromatic carbocycles. The fourth-order valence-corrected chi connectivity index (χ4v) is 2.75. The number of nitrogens with zero attached hydrogens (tertiary/aromatic N) is 1. The third kappa shape index (κ3) is 5.66. The van der Waals surface area contributed by atoms with Gasteiger partial charge in [0, 0.05) is 25.2 Å². The normalized spacial score (nSPS) is 14.1. The Morgan fingerprint density at radius 1 is 1.08 bits per heavy atom. The van der Waals surface area contributed by atoms with Gasteiger partial charge in [0.15, 0.2) is 18.1 Å². The van der Waals surface area contributed by atoms with E-state index in [2.05, 4.69) is 5.32 Å². The molecule has 0 spiro atoms. The van der Waals surface area contributed by atoms with Gasteiger partial charge in [-0.3, -0.25) is 9.59 Å². The topological polar surface area (TPSA) is 67.9 Å². The molecular formula is C19H28N2O4. The van der Waals surface area contributed by atoms with Crippen molar-refractivity contribution in [2.45, 2.75) is 39.5 Å². The zero-order chi connectivity index (χ0) is 18.1. The van der Waals surface area contributed by atoms with Crippen LogP contribution in [0.5, 0.6) is 11.5 Å². The first-order chi connectivity index (χ1) is 12.2. The van der Waals surface area contributed by atoms with Crippen LogP contribution in [-0.2, 0) is 4.79 Å². The minimum atomic E-state index is -0.140. The molecule has 1 aromatic rings.